The predicted molar refractivity (Wildman–Crippen MR) is 52.6 cm³/mol. The third-order valence-corrected chi connectivity index (χ3v) is 2.88. The first-order valence-electron chi connectivity index (χ1n) is 4.89. The van der Waals surface area contributed by atoms with Crippen LogP contribution in [0.25, 0.3) is 0 Å². The maximum atomic E-state index is 13.4. The Bertz CT molecular complexity index is 316. The van der Waals surface area contributed by atoms with E-state index in [1.165, 1.54) is 6.07 Å². The Hall–Kier alpha value is -0.930. The minimum absolute atomic E-state index is 0.112. The number of nitrogens with one attached hydrogen (secondary N) is 1. The second kappa shape index (κ2) is 4.07. The van der Waals surface area contributed by atoms with Crippen LogP contribution in [0.3, 0.4) is 0 Å². The molecule has 1 aliphatic rings. The van der Waals surface area contributed by atoms with Crippen LogP contribution in [0.2, 0.25) is 0 Å². The molecule has 1 fully saturated rings. The molecule has 1 aromatic rings. The molecular weight excluding hydrogens is 181 g/mol. The topological polar surface area (TPSA) is 32.3 Å². The fourth-order valence-electron chi connectivity index (χ4n) is 2.06. The Labute approximate surface area is 82.8 Å². The van der Waals surface area contributed by atoms with Crippen LogP contribution >= 0.6 is 0 Å². The van der Waals surface area contributed by atoms with E-state index >= 15 is 0 Å². The maximum absolute atomic E-state index is 13.4. The number of halogens is 1. The van der Waals surface area contributed by atoms with Gasteiger partial charge in [-0.25, -0.2) is 4.39 Å². The van der Waals surface area contributed by atoms with Gasteiger partial charge in [0.05, 0.1) is 0 Å². The lowest BCUT2D eigenvalue weighted by Crippen LogP contribution is -2.15. The van der Waals surface area contributed by atoms with Crippen molar-refractivity contribution in [2.45, 2.75) is 5.92 Å². The van der Waals surface area contributed by atoms with E-state index in [2.05, 4.69) is 5.32 Å². The van der Waals surface area contributed by atoms with Crippen molar-refractivity contribution in [3.63, 3.8) is 0 Å². The summed E-state index contributed by atoms with van der Waals surface area (Å²) in [6, 6.07) is 6.80. The first kappa shape index (κ1) is 9.62. The minimum atomic E-state index is -0.167. The molecule has 0 spiro atoms. The molecule has 0 aromatic heterocycles. The van der Waals surface area contributed by atoms with Crippen molar-refractivity contribution in [1.29, 1.82) is 0 Å². The van der Waals surface area contributed by atoms with Crippen LogP contribution in [-0.4, -0.2) is 24.8 Å². The van der Waals surface area contributed by atoms with Crippen LogP contribution in [-0.2, 0) is 0 Å². The number of benzene rings is 1. The van der Waals surface area contributed by atoms with E-state index in [9.17, 15) is 4.39 Å². The fourth-order valence-corrected chi connectivity index (χ4v) is 2.06. The van der Waals surface area contributed by atoms with E-state index in [1.54, 1.807) is 12.1 Å². The van der Waals surface area contributed by atoms with E-state index in [-0.39, 0.29) is 24.3 Å². The lowest BCUT2D eigenvalue weighted by Gasteiger charge is -2.16. The molecule has 1 heterocycles. The molecule has 0 bridgehead atoms. The fraction of sp³-hybridized carbons (Fsp3) is 0.455. The molecule has 3 heteroatoms. The molecule has 2 nitrogen and oxygen atoms in total. The van der Waals surface area contributed by atoms with Crippen molar-refractivity contribution < 1.29 is 9.50 Å². The summed E-state index contributed by atoms with van der Waals surface area (Å²) in [4.78, 5) is 0. The van der Waals surface area contributed by atoms with E-state index in [1.807, 2.05) is 6.07 Å². The molecule has 14 heavy (non-hydrogen) atoms. The van der Waals surface area contributed by atoms with Crippen LogP contribution in [0.1, 0.15) is 11.5 Å². The Kier molecular flexibility index (Phi) is 2.79. The van der Waals surface area contributed by atoms with Gasteiger partial charge in [0.25, 0.3) is 0 Å². The summed E-state index contributed by atoms with van der Waals surface area (Å²) in [5.41, 5.74) is 0.719. The van der Waals surface area contributed by atoms with Gasteiger partial charge in [0.15, 0.2) is 0 Å². The van der Waals surface area contributed by atoms with Gasteiger partial charge in [-0.1, -0.05) is 18.2 Å². The standard InChI is InChI=1S/C11H14FNO/c12-11-4-2-1-3-9(11)10-6-13-5-8(10)7-14/h1-4,8,10,13-14H,5-7H2/t8-,10+/m0/s1. The van der Waals surface area contributed by atoms with Crippen molar-refractivity contribution in [1.82, 2.24) is 5.32 Å². The number of rotatable bonds is 2. The summed E-state index contributed by atoms with van der Waals surface area (Å²) < 4.78 is 13.4. The lowest BCUT2D eigenvalue weighted by molar-refractivity contribution is 0.225. The summed E-state index contributed by atoms with van der Waals surface area (Å²) in [5.74, 6) is 0.0905. The molecule has 0 aliphatic carbocycles. The average Bonchev–Trinajstić information content (AvgIpc) is 2.66. The van der Waals surface area contributed by atoms with Crippen LogP contribution in [0.5, 0.6) is 0 Å². The number of aliphatic hydroxyl groups excluding tert-OH is 1. The Morgan fingerprint density at radius 2 is 2.14 bits per heavy atom. The van der Waals surface area contributed by atoms with Gasteiger partial charge in [-0.2, -0.15) is 0 Å². The molecular formula is C11H14FNO. The maximum Gasteiger partial charge on any atom is 0.126 e. The Morgan fingerprint density at radius 3 is 2.86 bits per heavy atom. The highest BCUT2D eigenvalue weighted by molar-refractivity contribution is 5.24. The van der Waals surface area contributed by atoms with Crippen molar-refractivity contribution in [3.8, 4) is 0 Å². The highest BCUT2D eigenvalue weighted by atomic mass is 19.1. The molecule has 1 aromatic carbocycles. The zero-order chi connectivity index (χ0) is 9.97. The van der Waals surface area contributed by atoms with E-state index in [4.69, 9.17) is 5.11 Å². The number of hydrogen-bond donors (Lipinski definition) is 2. The van der Waals surface area contributed by atoms with E-state index in [0.29, 0.717) is 0 Å². The molecule has 1 aliphatic heterocycles. The zero-order valence-electron chi connectivity index (χ0n) is 7.91. The second-order valence-electron chi connectivity index (χ2n) is 3.73. The normalized spacial score (nSPS) is 26.7. The van der Waals surface area contributed by atoms with Crippen molar-refractivity contribution in [2.75, 3.05) is 19.7 Å². The van der Waals surface area contributed by atoms with E-state index < -0.39 is 0 Å². The summed E-state index contributed by atoms with van der Waals surface area (Å²) in [7, 11) is 0. The molecule has 1 saturated heterocycles. The quantitative estimate of drug-likeness (QED) is 0.741. The minimum Gasteiger partial charge on any atom is -0.396 e. The Balaban J connectivity index is 2.26. The highest BCUT2D eigenvalue weighted by Gasteiger charge is 2.29. The van der Waals surface area contributed by atoms with Gasteiger partial charge >= 0.3 is 0 Å². The van der Waals surface area contributed by atoms with Crippen molar-refractivity contribution >= 4 is 0 Å². The van der Waals surface area contributed by atoms with Crippen LogP contribution in [0.15, 0.2) is 24.3 Å². The third-order valence-electron chi connectivity index (χ3n) is 2.88. The number of hydrogen-bond acceptors (Lipinski definition) is 2. The lowest BCUT2D eigenvalue weighted by atomic mass is 9.89. The highest BCUT2D eigenvalue weighted by Crippen LogP contribution is 2.29. The predicted octanol–water partition coefficient (Wildman–Crippen LogP) is 1.12. The van der Waals surface area contributed by atoms with Gasteiger partial charge in [-0.05, 0) is 11.6 Å². The summed E-state index contributed by atoms with van der Waals surface area (Å²) >= 11 is 0. The number of aliphatic hydroxyl groups is 1. The molecule has 76 valence electrons. The summed E-state index contributed by atoms with van der Waals surface area (Å²) in [6.45, 7) is 1.65. The largest absolute Gasteiger partial charge is 0.396 e. The third kappa shape index (κ3) is 1.65. The van der Waals surface area contributed by atoms with Gasteiger partial charge in [0.1, 0.15) is 5.82 Å². The second-order valence-corrected chi connectivity index (χ2v) is 3.73. The van der Waals surface area contributed by atoms with E-state index in [0.717, 1.165) is 18.7 Å². The molecule has 0 saturated carbocycles. The van der Waals surface area contributed by atoms with Crippen molar-refractivity contribution in [2.24, 2.45) is 5.92 Å². The van der Waals surface area contributed by atoms with Gasteiger partial charge < -0.3 is 10.4 Å². The van der Waals surface area contributed by atoms with Gasteiger partial charge in [-0.15, -0.1) is 0 Å². The molecule has 0 unspecified atom stereocenters. The first-order chi connectivity index (χ1) is 6.83. The SMILES string of the molecule is OC[C@@H]1CNC[C@H]1c1ccccc1F. The summed E-state index contributed by atoms with van der Waals surface area (Å²) in [6.07, 6.45) is 0. The van der Waals surface area contributed by atoms with Crippen LogP contribution < -0.4 is 5.32 Å². The van der Waals surface area contributed by atoms with Gasteiger partial charge in [0.2, 0.25) is 0 Å². The molecule has 0 amide bonds. The summed E-state index contributed by atoms with van der Waals surface area (Å²) in [5, 5.41) is 12.3. The van der Waals surface area contributed by atoms with Crippen LogP contribution in [0, 0.1) is 11.7 Å². The molecule has 2 N–H and O–H groups in total. The van der Waals surface area contributed by atoms with Crippen LogP contribution in [0.4, 0.5) is 4.39 Å². The smallest absolute Gasteiger partial charge is 0.126 e. The first-order valence-corrected chi connectivity index (χ1v) is 4.89. The Morgan fingerprint density at radius 1 is 1.36 bits per heavy atom. The van der Waals surface area contributed by atoms with Gasteiger partial charge in [0, 0.05) is 31.5 Å². The molecule has 2 atom stereocenters. The molecule has 0 radical (unpaired) electrons. The van der Waals surface area contributed by atoms with Gasteiger partial charge in [-0.3, -0.25) is 0 Å². The zero-order valence-corrected chi connectivity index (χ0v) is 7.91. The van der Waals surface area contributed by atoms with Crippen molar-refractivity contribution in [3.05, 3.63) is 35.6 Å². The monoisotopic (exact) mass is 195 g/mol. The molecule has 2 rings (SSSR count). The average molecular weight is 195 g/mol.